The van der Waals surface area contributed by atoms with Crippen molar-refractivity contribution in [3.8, 4) is 0 Å². The van der Waals surface area contributed by atoms with Crippen LogP contribution in [0.5, 0.6) is 0 Å². The highest BCUT2D eigenvalue weighted by molar-refractivity contribution is 5.70. The molecule has 0 spiro atoms. The number of carboxylic acid groups (broad SMARTS) is 1. The SMILES string of the molecule is CC/C=C\C/C=C\C/C=C\C/C=C\C/C=C\C/C=C\CCCCCCCCCCCCCCCCCCCCCCC(=O)OC(COC(=O)CCCCCCCCCCCCCCCCCCCCCCCCCCCCCCCCCCCCC)COC(OCC[N+](C)(C)C)C(=O)[O-]. The predicted molar refractivity (Wildman–Crippen MR) is 426 cm³/mol. The molecule has 0 aromatic rings. The van der Waals surface area contributed by atoms with Gasteiger partial charge in [-0.05, 0) is 64.2 Å². The van der Waals surface area contributed by atoms with Crippen LogP contribution >= 0.6 is 0 Å². The van der Waals surface area contributed by atoms with Crippen molar-refractivity contribution in [1.29, 1.82) is 0 Å². The maximum absolute atomic E-state index is 13.0. The van der Waals surface area contributed by atoms with E-state index >= 15 is 0 Å². The molecule has 9 nitrogen and oxygen atoms in total. The van der Waals surface area contributed by atoms with Crippen LogP contribution in [-0.2, 0) is 33.3 Å². The lowest BCUT2D eigenvalue weighted by Crippen LogP contribution is -2.44. The van der Waals surface area contributed by atoms with Crippen molar-refractivity contribution in [3.63, 3.8) is 0 Å². The third-order valence-corrected chi connectivity index (χ3v) is 19.5. The smallest absolute Gasteiger partial charge is 0.306 e. The Bertz CT molecular complexity index is 1860. The van der Waals surface area contributed by atoms with Gasteiger partial charge in [-0.1, -0.05) is 421 Å². The Morgan fingerprint density at radius 3 is 0.859 bits per heavy atom. The van der Waals surface area contributed by atoms with E-state index in [0.717, 1.165) is 70.6 Å². The highest BCUT2D eigenvalue weighted by Crippen LogP contribution is 2.20. The molecule has 578 valence electrons. The first kappa shape index (κ1) is 95.7. The number of allylic oxidation sites excluding steroid dienone is 12. The van der Waals surface area contributed by atoms with Crippen molar-refractivity contribution >= 4 is 17.9 Å². The van der Waals surface area contributed by atoms with Crippen LogP contribution in [0.15, 0.2) is 72.9 Å². The lowest BCUT2D eigenvalue weighted by molar-refractivity contribution is -0.870. The molecule has 2 unspecified atom stereocenters. The van der Waals surface area contributed by atoms with Gasteiger partial charge in [0, 0.05) is 12.8 Å². The molecule has 0 fully saturated rings. The number of unbranched alkanes of at least 4 members (excludes halogenated alkanes) is 54. The zero-order valence-corrected chi connectivity index (χ0v) is 66.4. The van der Waals surface area contributed by atoms with E-state index in [1.807, 2.05) is 21.1 Å². The highest BCUT2D eigenvalue weighted by atomic mass is 16.7. The number of carboxylic acids is 1. The van der Waals surface area contributed by atoms with Crippen molar-refractivity contribution in [2.45, 2.75) is 437 Å². The summed E-state index contributed by atoms with van der Waals surface area (Å²) < 4.78 is 22.9. The lowest BCUT2D eigenvalue weighted by Gasteiger charge is -2.26. The second-order valence-corrected chi connectivity index (χ2v) is 30.5. The molecule has 0 radical (unpaired) electrons. The van der Waals surface area contributed by atoms with Crippen LogP contribution in [0.4, 0.5) is 0 Å². The van der Waals surface area contributed by atoms with Gasteiger partial charge in [-0.25, -0.2) is 0 Å². The fraction of sp³-hybridized carbons (Fsp3) is 0.833. The van der Waals surface area contributed by atoms with Crippen LogP contribution in [0.25, 0.3) is 0 Å². The zero-order chi connectivity index (χ0) is 71.8. The molecule has 0 N–H and O–H groups in total. The average molecular weight is 1390 g/mol. The van der Waals surface area contributed by atoms with Crippen molar-refractivity contribution in [2.24, 2.45) is 0 Å². The summed E-state index contributed by atoms with van der Waals surface area (Å²) in [6.07, 6.45) is 106. The van der Waals surface area contributed by atoms with Crippen molar-refractivity contribution in [2.75, 3.05) is 47.5 Å². The topological polar surface area (TPSA) is 111 Å². The van der Waals surface area contributed by atoms with Gasteiger partial charge in [0.05, 0.1) is 40.3 Å². The maximum Gasteiger partial charge on any atom is 0.306 e. The van der Waals surface area contributed by atoms with Gasteiger partial charge in [-0.2, -0.15) is 0 Å². The minimum absolute atomic E-state index is 0.150. The summed E-state index contributed by atoms with van der Waals surface area (Å²) in [5.41, 5.74) is 0. The third-order valence-electron chi connectivity index (χ3n) is 19.5. The van der Waals surface area contributed by atoms with Crippen LogP contribution in [0.2, 0.25) is 0 Å². The molecule has 0 aliphatic heterocycles. The standard InChI is InChI=1S/C90H165NO8/c1-6-8-10-12-14-16-18-20-22-24-26-28-30-32-34-36-38-40-42-43-44-45-47-49-51-53-55-57-59-61-63-65-67-69-71-73-75-77-79-81-88(93)99-86(85-98-90(89(94)95)96-83-82-91(3,4)5)84-97-87(92)80-78-76-74-72-70-68-66-64-62-60-58-56-54-52-50-48-46-41-39-37-35-33-31-29-27-25-23-21-19-17-15-13-11-9-7-2/h8,10,14,16,20,22,26,28,32,34,38,40,86,90H,6-7,9,11-13,15,17-19,21,23-25,27,29-31,33,35-37,39,41-85H2,1-5H3/b10-8-,16-14-,22-20-,28-26-,34-32-,40-38-. The minimum Gasteiger partial charge on any atom is -0.545 e. The molecule has 0 aromatic carbocycles. The normalized spacial score (nSPS) is 12.9. The lowest BCUT2D eigenvalue weighted by atomic mass is 10.0. The predicted octanol–water partition coefficient (Wildman–Crippen LogP) is 26.6. The molecule has 0 saturated heterocycles. The monoisotopic (exact) mass is 1390 g/mol. The Morgan fingerprint density at radius 1 is 0.313 bits per heavy atom. The molecule has 2 atom stereocenters. The summed E-state index contributed by atoms with van der Waals surface area (Å²) in [4.78, 5) is 37.7. The fourth-order valence-corrected chi connectivity index (χ4v) is 13.0. The van der Waals surface area contributed by atoms with Gasteiger partial charge in [0.25, 0.3) is 0 Å². The highest BCUT2D eigenvalue weighted by Gasteiger charge is 2.22. The van der Waals surface area contributed by atoms with Gasteiger partial charge >= 0.3 is 11.9 Å². The van der Waals surface area contributed by atoms with Crippen molar-refractivity contribution in [3.05, 3.63) is 72.9 Å². The quantitative estimate of drug-likeness (QED) is 0.0195. The second-order valence-electron chi connectivity index (χ2n) is 30.5. The van der Waals surface area contributed by atoms with E-state index in [9.17, 15) is 19.5 Å². The molecule has 0 aromatic heterocycles. The molecule has 0 heterocycles. The minimum atomic E-state index is -1.62. The Morgan fingerprint density at radius 2 is 0.576 bits per heavy atom. The summed E-state index contributed by atoms with van der Waals surface area (Å²) in [6, 6.07) is 0. The number of rotatable bonds is 81. The molecular formula is C90H165NO8. The van der Waals surface area contributed by atoms with Crippen molar-refractivity contribution in [1.82, 2.24) is 0 Å². The Balaban J connectivity index is 3.94. The van der Waals surface area contributed by atoms with Gasteiger partial charge in [0.2, 0.25) is 0 Å². The summed E-state index contributed by atoms with van der Waals surface area (Å²) in [6.45, 7) is 4.71. The van der Waals surface area contributed by atoms with Crippen LogP contribution in [0.1, 0.15) is 425 Å². The molecule has 0 saturated carbocycles. The summed E-state index contributed by atoms with van der Waals surface area (Å²) in [5, 5.41) is 11.9. The largest absolute Gasteiger partial charge is 0.545 e. The maximum atomic E-state index is 13.0. The Kier molecular flexibility index (Phi) is 77.8. The van der Waals surface area contributed by atoms with Crippen LogP contribution in [0, 0.1) is 0 Å². The second kappa shape index (κ2) is 80.4. The molecule has 0 aliphatic rings. The van der Waals surface area contributed by atoms with Gasteiger partial charge in [-0.15, -0.1) is 0 Å². The number of nitrogens with zero attached hydrogens (tertiary/aromatic N) is 1. The Hall–Kier alpha value is -3.27. The number of hydrogen-bond acceptors (Lipinski definition) is 8. The zero-order valence-electron chi connectivity index (χ0n) is 66.4. The van der Waals surface area contributed by atoms with E-state index in [4.69, 9.17) is 18.9 Å². The third kappa shape index (κ3) is 81.9. The van der Waals surface area contributed by atoms with Crippen LogP contribution in [-0.4, -0.2) is 82.3 Å². The van der Waals surface area contributed by atoms with E-state index < -0.39 is 24.3 Å². The van der Waals surface area contributed by atoms with E-state index in [1.54, 1.807) is 0 Å². The summed E-state index contributed by atoms with van der Waals surface area (Å²) in [5.74, 6) is -2.25. The number of carbonyl (C=O) groups is 3. The molecule has 0 aliphatic carbocycles. The number of hydrogen-bond donors (Lipinski definition) is 0. The first-order valence-electron chi connectivity index (χ1n) is 43.1. The number of carbonyl (C=O) groups excluding carboxylic acids is 3. The number of likely N-dealkylation sites (N-methyl/N-ethyl adjacent to an activating group) is 1. The van der Waals surface area contributed by atoms with Gasteiger partial charge in [0.1, 0.15) is 13.2 Å². The van der Waals surface area contributed by atoms with Crippen LogP contribution in [0.3, 0.4) is 0 Å². The molecule has 0 amide bonds. The molecule has 99 heavy (non-hydrogen) atoms. The molecular weight excluding hydrogens is 1220 g/mol. The van der Waals surface area contributed by atoms with Crippen molar-refractivity contribution < 1.29 is 42.9 Å². The van der Waals surface area contributed by atoms with Gasteiger partial charge < -0.3 is 33.3 Å². The van der Waals surface area contributed by atoms with E-state index in [-0.39, 0.29) is 32.2 Å². The molecule has 9 heteroatoms. The molecule has 0 bridgehead atoms. The van der Waals surface area contributed by atoms with Crippen LogP contribution < -0.4 is 5.11 Å². The average Bonchev–Trinajstić information content (AvgIpc) is 1.14. The number of aliphatic carboxylic acids is 1. The van der Waals surface area contributed by atoms with Gasteiger partial charge in [0.15, 0.2) is 12.4 Å². The van der Waals surface area contributed by atoms with E-state index in [2.05, 4.69) is 86.8 Å². The van der Waals surface area contributed by atoms with Gasteiger partial charge in [-0.3, -0.25) is 9.59 Å². The number of esters is 2. The first-order chi connectivity index (χ1) is 48.6. The summed E-state index contributed by atoms with van der Waals surface area (Å²) in [7, 11) is 5.95. The number of ether oxygens (including phenoxy) is 4. The fourth-order valence-electron chi connectivity index (χ4n) is 13.0. The molecule has 0 rings (SSSR count). The summed E-state index contributed by atoms with van der Waals surface area (Å²) >= 11 is 0. The first-order valence-corrected chi connectivity index (χ1v) is 43.1. The van der Waals surface area contributed by atoms with E-state index in [0.29, 0.717) is 23.9 Å². The Labute approximate surface area is 615 Å². The van der Waals surface area contributed by atoms with E-state index in [1.165, 1.54) is 321 Å². The number of quaternary nitrogens is 1.